The van der Waals surface area contributed by atoms with Crippen LogP contribution in [0.4, 0.5) is 0 Å². The molecule has 2 rings (SSSR count). The van der Waals surface area contributed by atoms with Crippen LogP contribution in [0.5, 0.6) is 0 Å². The van der Waals surface area contributed by atoms with Crippen molar-refractivity contribution in [2.75, 3.05) is 13.1 Å². The summed E-state index contributed by atoms with van der Waals surface area (Å²) in [5.74, 6) is -0.156. The molecule has 5 nitrogen and oxygen atoms in total. The SMILES string of the molecule is CC(C)N1CC(C(=O)NCCc2cccnc2)CC1=O. The minimum Gasteiger partial charge on any atom is -0.355 e. The zero-order valence-corrected chi connectivity index (χ0v) is 12.0. The van der Waals surface area contributed by atoms with Crippen LogP contribution in [0.3, 0.4) is 0 Å². The number of aromatic nitrogens is 1. The highest BCUT2D eigenvalue weighted by atomic mass is 16.2. The Morgan fingerprint density at radius 1 is 1.55 bits per heavy atom. The summed E-state index contributed by atoms with van der Waals surface area (Å²) in [5.41, 5.74) is 1.10. The molecule has 0 aliphatic carbocycles. The molecule has 1 aliphatic rings. The van der Waals surface area contributed by atoms with Crippen molar-refractivity contribution in [1.29, 1.82) is 0 Å². The molecule has 1 fully saturated rings. The molecule has 20 heavy (non-hydrogen) atoms. The van der Waals surface area contributed by atoms with Crippen LogP contribution in [0, 0.1) is 5.92 Å². The maximum atomic E-state index is 12.0. The number of carbonyl (C=O) groups is 2. The van der Waals surface area contributed by atoms with Gasteiger partial charge < -0.3 is 10.2 Å². The summed E-state index contributed by atoms with van der Waals surface area (Å²) < 4.78 is 0. The largest absolute Gasteiger partial charge is 0.355 e. The van der Waals surface area contributed by atoms with Gasteiger partial charge in [0.15, 0.2) is 0 Å². The average molecular weight is 275 g/mol. The van der Waals surface area contributed by atoms with E-state index in [1.165, 1.54) is 0 Å². The van der Waals surface area contributed by atoms with E-state index in [0.717, 1.165) is 12.0 Å². The number of rotatable bonds is 5. The van der Waals surface area contributed by atoms with Crippen molar-refractivity contribution in [2.24, 2.45) is 5.92 Å². The first-order valence-electron chi connectivity index (χ1n) is 7.04. The van der Waals surface area contributed by atoms with E-state index in [1.54, 1.807) is 17.3 Å². The first kappa shape index (κ1) is 14.5. The van der Waals surface area contributed by atoms with Crippen molar-refractivity contribution in [2.45, 2.75) is 32.7 Å². The van der Waals surface area contributed by atoms with E-state index in [9.17, 15) is 9.59 Å². The van der Waals surface area contributed by atoms with Gasteiger partial charge in [0.05, 0.1) is 5.92 Å². The molecule has 108 valence electrons. The van der Waals surface area contributed by atoms with E-state index in [4.69, 9.17) is 0 Å². The van der Waals surface area contributed by atoms with Crippen molar-refractivity contribution in [3.8, 4) is 0 Å². The number of likely N-dealkylation sites (tertiary alicyclic amines) is 1. The Kier molecular flexibility index (Phi) is 4.71. The second kappa shape index (κ2) is 6.50. The summed E-state index contributed by atoms with van der Waals surface area (Å²) in [4.78, 5) is 29.6. The van der Waals surface area contributed by atoms with Gasteiger partial charge in [0.25, 0.3) is 0 Å². The zero-order valence-electron chi connectivity index (χ0n) is 12.0. The third-order valence-corrected chi connectivity index (χ3v) is 3.59. The lowest BCUT2D eigenvalue weighted by Gasteiger charge is -2.20. The number of hydrogen-bond donors (Lipinski definition) is 1. The van der Waals surface area contributed by atoms with E-state index in [-0.39, 0.29) is 23.8 Å². The third kappa shape index (κ3) is 3.56. The van der Waals surface area contributed by atoms with Gasteiger partial charge in [0, 0.05) is 37.9 Å². The number of pyridine rings is 1. The maximum Gasteiger partial charge on any atom is 0.225 e. The van der Waals surface area contributed by atoms with Gasteiger partial charge in [-0.1, -0.05) is 6.07 Å². The summed E-state index contributed by atoms with van der Waals surface area (Å²) >= 11 is 0. The average Bonchev–Trinajstić information content (AvgIpc) is 2.82. The first-order valence-corrected chi connectivity index (χ1v) is 7.04. The second-order valence-corrected chi connectivity index (χ2v) is 5.44. The molecule has 2 heterocycles. The fourth-order valence-electron chi connectivity index (χ4n) is 2.43. The van der Waals surface area contributed by atoms with Gasteiger partial charge in [-0.3, -0.25) is 14.6 Å². The Balaban J connectivity index is 1.77. The van der Waals surface area contributed by atoms with E-state index in [0.29, 0.717) is 19.5 Å². The summed E-state index contributed by atoms with van der Waals surface area (Å²) in [6.45, 7) is 5.06. The molecule has 1 saturated heterocycles. The molecule has 5 heteroatoms. The van der Waals surface area contributed by atoms with E-state index < -0.39 is 0 Å². The van der Waals surface area contributed by atoms with Crippen LogP contribution < -0.4 is 5.32 Å². The zero-order chi connectivity index (χ0) is 14.5. The van der Waals surface area contributed by atoms with Crippen LogP contribution in [0.1, 0.15) is 25.8 Å². The molecule has 1 aromatic heterocycles. The first-order chi connectivity index (χ1) is 9.58. The summed E-state index contributed by atoms with van der Waals surface area (Å²) in [7, 11) is 0. The van der Waals surface area contributed by atoms with Crippen LogP contribution in [0.15, 0.2) is 24.5 Å². The maximum absolute atomic E-state index is 12.0. The molecule has 1 aliphatic heterocycles. The topological polar surface area (TPSA) is 62.3 Å². The second-order valence-electron chi connectivity index (χ2n) is 5.44. The quantitative estimate of drug-likeness (QED) is 0.872. The molecule has 1 N–H and O–H groups in total. The predicted octanol–water partition coefficient (Wildman–Crippen LogP) is 0.997. The minimum absolute atomic E-state index is 0.0228. The number of nitrogens with zero attached hydrogens (tertiary/aromatic N) is 2. The van der Waals surface area contributed by atoms with Crippen molar-refractivity contribution < 1.29 is 9.59 Å². The molecule has 0 spiro atoms. The number of nitrogens with one attached hydrogen (secondary N) is 1. The molecule has 0 saturated carbocycles. The summed E-state index contributed by atoms with van der Waals surface area (Å²) in [5, 5.41) is 2.91. The van der Waals surface area contributed by atoms with Gasteiger partial charge in [-0.2, -0.15) is 0 Å². The van der Waals surface area contributed by atoms with Gasteiger partial charge in [-0.25, -0.2) is 0 Å². The Labute approximate surface area is 119 Å². The molecular weight excluding hydrogens is 254 g/mol. The molecule has 1 unspecified atom stereocenters. The molecule has 1 aromatic rings. The van der Waals surface area contributed by atoms with E-state index in [2.05, 4.69) is 10.3 Å². The molecule has 0 bridgehead atoms. The summed E-state index contributed by atoms with van der Waals surface area (Å²) in [6.07, 6.45) is 4.61. The van der Waals surface area contributed by atoms with Crippen LogP contribution in [0.2, 0.25) is 0 Å². The third-order valence-electron chi connectivity index (χ3n) is 3.59. The molecule has 0 radical (unpaired) electrons. The molecule has 0 aromatic carbocycles. The van der Waals surface area contributed by atoms with Crippen LogP contribution >= 0.6 is 0 Å². The highest BCUT2D eigenvalue weighted by molar-refractivity contribution is 5.89. The Morgan fingerprint density at radius 3 is 2.95 bits per heavy atom. The Bertz CT molecular complexity index is 473. The minimum atomic E-state index is -0.209. The molecule has 1 atom stereocenters. The van der Waals surface area contributed by atoms with Gasteiger partial charge in [-0.05, 0) is 31.9 Å². The van der Waals surface area contributed by atoms with Gasteiger partial charge in [-0.15, -0.1) is 0 Å². The highest BCUT2D eigenvalue weighted by Gasteiger charge is 2.35. The number of carbonyl (C=O) groups excluding carboxylic acids is 2. The van der Waals surface area contributed by atoms with E-state index in [1.807, 2.05) is 26.0 Å². The molecular formula is C15H21N3O2. The monoisotopic (exact) mass is 275 g/mol. The van der Waals surface area contributed by atoms with Crippen molar-refractivity contribution in [3.63, 3.8) is 0 Å². The van der Waals surface area contributed by atoms with E-state index >= 15 is 0 Å². The fraction of sp³-hybridized carbons (Fsp3) is 0.533. The predicted molar refractivity (Wildman–Crippen MR) is 75.9 cm³/mol. The lowest BCUT2D eigenvalue weighted by atomic mass is 10.1. The Hall–Kier alpha value is -1.91. The van der Waals surface area contributed by atoms with Crippen molar-refractivity contribution in [3.05, 3.63) is 30.1 Å². The lowest BCUT2D eigenvalue weighted by molar-refractivity contribution is -0.129. The van der Waals surface area contributed by atoms with Crippen LogP contribution in [-0.2, 0) is 16.0 Å². The smallest absolute Gasteiger partial charge is 0.225 e. The molecule has 2 amide bonds. The normalized spacial score (nSPS) is 18.6. The highest BCUT2D eigenvalue weighted by Crippen LogP contribution is 2.20. The number of hydrogen-bond acceptors (Lipinski definition) is 3. The summed E-state index contributed by atoms with van der Waals surface area (Å²) in [6, 6.07) is 4.03. The van der Waals surface area contributed by atoms with Crippen LogP contribution in [0.25, 0.3) is 0 Å². The van der Waals surface area contributed by atoms with Gasteiger partial charge in [0.2, 0.25) is 11.8 Å². The standard InChI is InChI=1S/C15H21N3O2/c1-11(2)18-10-13(8-14(18)19)15(20)17-7-5-12-4-3-6-16-9-12/h3-4,6,9,11,13H,5,7-8,10H2,1-2H3,(H,17,20). The number of amides is 2. The van der Waals surface area contributed by atoms with Gasteiger partial charge >= 0.3 is 0 Å². The van der Waals surface area contributed by atoms with Crippen molar-refractivity contribution >= 4 is 11.8 Å². The fourth-order valence-corrected chi connectivity index (χ4v) is 2.43. The van der Waals surface area contributed by atoms with Crippen LogP contribution in [-0.4, -0.2) is 40.8 Å². The van der Waals surface area contributed by atoms with Gasteiger partial charge in [0.1, 0.15) is 0 Å². The lowest BCUT2D eigenvalue weighted by Crippen LogP contribution is -2.36. The van der Waals surface area contributed by atoms with Crippen molar-refractivity contribution in [1.82, 2.24) is 15.2 Å². The Morgan fingerprint density at radius 2 is 2.35 bits per heavy atom.